The molecule has 2 fully saturated rings. The second kappa shape index (κ2) is 11.2. The molecule has 0 saturated carbocycles. The lowest BCUT2D eigenvalue weighted by Crippen LogP contribution is -2.76. The van der Waals surface area contributed by atoms with Crippen molar-refractivity contribution < 1.29 is 24.3 Å². The van der Waals surface area contributed by atoms with Crippen LogP contribution in [0.5, 0.6) is 0 Å². The van der Waals surface area contributed by atoms with Gasteiger partial charge in [0.1, 0.15) is 12.2 Å². The summed E-state index contributed by atoms with van der Waals surface area (Å²) in [6, 6.07) is 17.9. The second-order valence-electron chi connectivity index (χ2n) is 9.05. The van der Waals surface area contributed by atoms with Crippen LogP contribution in [0.15, 0.2) is 60.7 Å². The molecule has 4 amide bonds. The number of carboxylic acids is 1. The third-order valence-corrected chi connectivity index (χ3v) is 6.58. The van der Waals surface area contributed by atoms with Gasteiger partial charge in [0.25, 0.3) is 0 Å². The highest BCUT2D eigenvalue weighted by Gasteiger charge is 2.50. The third kappa shape index (κ3) is 5.65. The van der Waals surface area contributed by atoms with E-state index < -0.39 is 24.2 Å². The molecule has 2 aromatic rings. The lowest BCUT2D eigenvalue weighted by atomic mass is 10.0. The highest BCUT2D eigenvalue weighted by molar-refractivity contribution is 5.91. The van der Waals surface area contributed by atoms with Crippen molar-refractivity contribution in [2.45, 2.75) is 38.0 Å². The highest BCUT2D eigenvalue weighted by Crippen LogP contribution is 2.28. The summed E-state index contributed by atoms with van der Waals surface area (Å²) in [5.74, 6) is -1.63. The number of urea groups is 1. The number of hydrogen-bond donors (Lipinski definition) is 2. The summed E-state index contributed by atoms with van der Waals surface area (Å²) in [6.07, 6.45) is -0.398. The van der Waals surface area contributed by atoms with Crippen molar-refractivity contribution in [2.75, 3.05) is 26.7 Å². The number of carbonyl (C=O) groups is 4. The molecule has 2 aromatic carbocycles. The maximum absolute atomic E-state index is 13.4. The van der Waals surface area contributed by atoms with Crippen LogP contribution in [0.3, 0.4) is 0 Å². The van der Waals surface area contributed by atoms with Crippen molar-refractivity contribution in [1.29, 1.82) is 0 Å². The minimum atomic E-state index is -1.04. The molecule has 2 heterocycles. The van der Waals surface area contributed by atoms with Crippen LogP contribution in [-0.4, -0.2) is 87.6 Å². The molecule has 10 nitrogen and oxygen atoms in total. The van der Waals surface area contributed by atoms with E-state index in [0.29, 0.717) is 19.5 Å². The Morgan fingerprint density at radius 3 is 2.28 bits per heavy atom. The fourth-order valence-corrected chi connectivity index (χ4v) is 4.81. The monoisotopic (exact) mass is 493 g/mol. The van der Waals surface area contributed by atoms with Gasteiger partial charge in [0, 0.05) is 26.6 Å². The zero-order chi connectivity index (χ0) is 25.7. The third-order valence-electron chi connectivity index (χ3n) is 6.58. The minimum Gasteiger partial charge on any atom is -0.481 e. The number of likely N-dealkylation sites (N-methyl/N-ethyl adjacent to an activating group) is 1. The van der Waals surface area contributed by atoms with Crippen molar-refractivity contribution >= 4 is 23.8 Å². The SMILES string of the molecule is CN1CC(=O)N2C(CN(CCc3ccccc3)C(=O)[C@@H]2CCC(=O)O)N1C(=O)NCc1ccccc1. The minimum absolute atomic E-state index is 0.0125. The summed E-state index contributed by atoms with van der Waals surface area (Å²) in [7, 11) is 1.66. The Balaban J connectivity index is 1.57. The van der Waals surface area contributed by atoms with Gasteiger partial charge in [-0.2, -0.15) is 0 Å². The van der Waals surface area contributed by atoms with Crippen molar-refractivity contribution in [3.63, 3.8) is 0 Å². The van der Waals surface area contributed by atoms with Crippen molar-refractivity contribution in [2.24, 2.45) is 0 Å². The van der Waals surface area contributed by atoms with Gasteiger partial charge < -0.3 is 20.2 Å². The molecular weight excluding hydrogens is 462 g/mol. The van der Waals surface area contributed by atoms with Gasteiger partial charge in [-0.05, 0) is 24.0 Å². The first-order valence-electron chi connectivity index (χ1n) is 12.0. The van der Waals surface area contributed by atoms with Gasteiger partial charge in [0.05, 0.1) is 13.1 Å². The molecule has 2 saturated heterocycles. The summed E-state index contributed by atoms with van der Waals surface area (Å²) in [6.45, 7) is 0.762. The molecule has 0 spiro atoms. The van der Waals surface area contributed by atoms with E-state index in [9.17, 15) is 24.3 Å². The molecule has 4 rings (SSSR count). The number of carbonyl (C=O) groups excluding carboxylic acids is 3. The fraction of sp³-hybridized carbons (Fsp3) is 0.385. The maximum atomic E-state index is 13.4. The standard InChI is InChI=1S/C26H31N5O5/c1-28-18-23(32)30-21(12-13-24(33)34)25(35)29(15-14-19-8-4-2-5-9-19)17-22(30)31(28)26(36)27-16-20-10-6-3-7-11-20/h2-11,21-22H,12-18H2,1H3,(H,27,36)(H,33,34)/t21-,22?/m0/s1. The zero-order valence-corrected chi connectivity index (χ0v) is 20.2. The van der Waals surface area contributed by atoms with E-state index >= 15 is 0 Å². The van der Waals surface area contributed by atoms with Crippen LogP contribution in [-0.2, 0) is 27.3 Å². The van der Waals surface area contributed by atoms with Crippen molar-refractivity contribution in [1.82, 2.24) is 25.1 Å². The summed E-state index contributed by atoms with van der Waals surface area (Å²) < 4.78 is 0. The smallest absolute Gasteiger partial charge is 0.334 e. The van der Waals surface area contributed by atoms with Crippen molar-refractivity contribution in [3.05, 3.63) is 71.8 Å². The maximum Gasteiger partial charge on any atom is 0.334 e. The second-order valence-corrected chi connectivity index (χ2v) is 9.05. The predicted octanol–water partition coefficient (Wildman–Crippen LogP) is 1.53. The number of carboxylic acid groups (broad SMARTS) is 1. The van der Waals surface area contributed by atoms with E-state index in [2.05, 4.69) is 5.32 Å². The molecule has 10 heteroatoms. The average Bonchev–Trinajstić information content (AvgIpc) is 2.87. The van der Waals surface area contributed by atoms with E-state index in [1.54, 1.807) is 17.0 Å². The normalized spacial score (nSPS) is 20.3. The molecule has 0 radical (unpaired) electrons. The van der Waals surface area contributed by atoms with Gasteiger partial charge in [-0.15, -0.1) is 0 Å². The molecule has 36 heavy (non-hydrogen) atoms. The zero-order valence-electron chi connectivity index (χ0n) is 20.2. The molecule has 0 bridgehead atoms. The molecule has 1 unspecified atom stereocenters. The predicted molar refractivity (Wildman–Crippen MR) is 131 cm³/mol. The molecule has 190 valence electrons. The van der Waals surface area contributed by atoms with Crippen LogP contribution in [0.4, 0.5) is 4.79 Å². The number of nitrogens with zero attached hydrogens (tertiary/aromatic N) is 4. The molecular formula is C26H31N5O5. The van der Waals surface area contributed by atoms with Crippen LogP contribution >= 0.6 is 0 Å². The first-order chi connectivity index (χ1) is 17.3. The van der Waals surface area contributed by atoms with Crippen LogP contribution < -0.4 is 5.32 Å². The van der Waals surface area contributed by atoms with Crippen LogP contribution in [0.2, 0.25) is 0 Å². The quantitative estimate of drug-likeness (QED) is 0.577. The number of hydrazine groups is 1. The topological polar surface area (TPSA) is 114 Å². The lowest BCUT2D eigenvalue weighted by Gasteiger charge is -2.54. The summed E-state index contributed by atoms with van der Waals surface area (Å²) in [5.41, 5.74) is 1.99. The Bertz CT molecular complexity index is 1100. The number of fused-ring (bicyclic) bond motifs is 1. The van der Waals surface area contributed by atoms with Gasteiger partial charge in [0.15, 0.2) is 0 Å². The number of hydrogen-bond acceptors (Lipinski definition) is 5. The Kier molecular flexibility index (Phi) is 7.84. The molecule has 0 aliphatic carbocycles. The van der Waals surface area contributed by atoms with Gasteiger partial charge in [-0.1, -0.05) is 60.7 Å². The first-order valence-corrected chi connectivity index (χ1v) is 12.0. The molecule has 0 aromatic heterocycles. The number of nitrogens with one attached hydrogen (secondary N) is 1. The number of benzene rings is 2. The largest absolute Gasteiger partial charge is 0.481 e. The molecule has 2 N–H and O–H groups in total. The molecule has 2 aliphatic rings. The van der Waals surface area contributed by atoms with Crippen LogP contribution in [0.1, 0.15) is 24.0 Å². The average molecular weight is 494 g/mol. The Morgan fingerprint density at radius 1 is 1.00 bits per heavy atom. The van der Waals surface area contributed by atoms with E-state index in [4.69, 9.17) is 0 Å². The number of piperazine rings is 1. The summed E-state index contributed by atoms with van der Waals surface area (Å²) in [4.78, 5) is 54.2. The summed E-state index contributed by atoms with van der Waals surface area (Å²) >= 11 is 0. The molecule has 2 atom stereocenters. The van der Waals surface area contributed by atoms with E-state index in [0.717, 1.165) is 11.1 Å². The molecule has 2 aliphatic heterocycles. The van der Waals surface area contributed by atoms with E-state index in [1.807, 2.05) is 60.7 Å². The van der Waals surface area contributed by atoms with E-state index in [-0.39, 0.29) is 37.7 Å². The Hall–Kier alpha value is -3.92. The Labute approximate surface area is 210 Å². The van der Waals surface area contributed by atoms with Gasteiger partial charge in [-0.3, -0.25) is 14.4 Å². The van der Waals surface area contributed by atoms with Crippen LogP contribution in [0.25, 0.3) is 0 Å². The lowest BCUT2D eigenvalue weighted by molar-refractivity contribution is -0.187. The Morgan fingerprint density at radius 2 is 1.64 bits per heavy atom. The van der Waals surface area contributed by atoms with Crippen molar-refractivity contribution in [3.8, 4) is 0 Å². The van der Waals surface area contributed by atoms with Gasteiger partial charge >= 0.3 is 12.0 Å². The van der Waals surface area contributed by atoms with E-state index in [1.165, 1.54) is 9.91 Å². The summed E-state index contributed by atoms with van der Waals surface area (Å²) in [5, 5.41) is 15.2. The number of rotatable bonds is 8. The number of aliphatic carboxylic acids is 1. The van der Waals surface area contributed by atoms with Crippen LogP contribution in [0, 0.1) is 0 Å². The first kappa shape index (κ1) is 25.2. The van der Waals surface area contributed by atoms with Gasteiger partial charge in [0.2, 0.25) is 11.8 Å². The van der Waals surface area contributed by atoms with Gasteiger partial charge in [-0.25, -0.2) is 14.8 Å². The number of amides is 4. The highest BCUT2D eigenvalue weighted by atomic mass is 16.4. The fourth-order valence-electron chi connectivity index (χ4n) is 4.81.